The van der Waals surface area contributed by atoms with Crippen molar-refractivity contribution in [3.8, 4) is 5.75 Å². The van der Waals surface area contributed by atoms with Gasteiger partial charge in [0.05, 0.1) is 6.61 Å². The van der Waals surface area contributed by atoms with Crippen molar-refractivity contribution < 1.29 is 33.0 Å². The van der Waals surface area contributed by atoms with Gasteiger partial charge in [0.15, 0.2) is 10.0 Å². The van der Waals surface area contributed by atoms with E-state index >= 15 is 0 Å². The summed E-state index contributed by atoms with van der Waals surface area (Å²) < 4.78 is 34.9. The summed E-state index contributed by atoms with van der Waals surface area (Å²) in [5.41, 5.74) is -1.42. The lowest BCUT2D eigenvalue weighted by Gasteiger charge is -2.25. The standard InChI is InChI=1S/C21H26BrClN3O9P/c1-3-17(28)32-11-13(2)25-36(31,35-14-7-5-4-6-8-14)33-12-15-18(29)21(22,23)19(34-15)26-10-9-16(27)24-20(26)30/h4-10,13,15,18-19,29H,3,11-12H2,1-2H3,(H,25,31)(H,24,27,30)/t13?,15-,18-,19-,21+,36?/m1/s1. The van der Waals surface area contributed by atoms with Gasteiger partial charge >= 0.3 is 19.4 Å². The van der Waals surface area contributed by atoms with Crippen molar-refractivity contribution in [3.05, 3.63) is 63.4 Å². The fraction of sp³-hybridized carbons (Fsp3) is 0.476. The van der Waals surface area contributed by atoms with Crippen molar-refractivity contribution in [3.63, 3.8) is 0 Å². The number of aliphatic hydroxyl groups excluding tert-OH is 1. The Bertz CT molecular complexity index is 1210. The van der Waals surface area contributed by atoms with Crippen LogP contribution >= 0.6 is 35.3 Å². The van der Waals surface area contributed by atoms with E-state index in [2.05, 4.69) is 26.0 Å². The van der Waals surface area contributed by atoms with Crippen LogP contribution in [0.3, 0.4) is 0 Å². The number of para-hydroxylation sites is 1. The summed E-state index contributed by atoms with van der Waals surface area (Å²) in [5.74, 6) is -0.186. The van der Waals surface area contributed by atoms with E-state index in [9.17, 15) is 24.1 Å². The van der Waals surface area contributed by atoms with Crippen LogP contribution in [0.1, 0.15) is 26.5 Å². The number of alkyl halides is 2. The fourth-order valence-electron chi connectivity index (χ4n) is 3.23. The molecule has 0 radical (unpaired) electrons. The molecule has 0 aliphatic carbocycles. The lowest BCUT2D eigenvalue weighted by atomic mass is 10.2. The van der Waals surface area contributed by atoms with Crippen LogP contribution in [-0.4, -0.2) is 55.9 Å². The third-order valence-corrected chi connectivity index (χ3v) is 7.99. The molecule has 12 nitrogen and oxygen atoms in total. The highest BCUT2D eigenvalue weighted by atomic mass is 79.9. The Hall–Kier alpha value is -1.99. The fourth-order valence-corrected chi connectivity index (χ4v) is 5.68. The Balaban J connectivity index is 1.76. The summed E-state index contributed by atoms with van der Waals surface area (Å²) in [6, 6.07) is 8.71. The molecule has 3 N–H and O–H groups in total. The van der Waals surface area contributed by atoms with Crippen LogP contribution in [0, 0.1) is 0 Å². The van der Waals surface area contributed by atoms with Crippen molar-refractivity contribution >= 4 is 41.2 Å². The molecule has 0 bridgehead atoms. The Morgan fingerprint density at radius 2 is 2.06 bits per heavy atom. The van der Waals surface area contributed by atoms with Gasteiger partial charge in [0, 0.05) is 24.7 Å². The van der Waals surface area contributed by atoms with Gasteiger partial charge in [-0.1, -0.05) is 52.7 Å². The minimum atomic E-state index is -4.10. The van der Waals surface area contributed by atoms with E-state index in [4.69, 9.17) is 30.1 Å². The number of ether oxygens (including phenoxy) is 2. The van der Waals surface area contributed by atoms with Gasteiger partial charge < -0.3 is 19.1 Å². The molecule has 2 aromatic rings. The Morgan fingerprint density at radius 1 is 1.36 bits per heavy atom. The predicted molar refractivity (Wildman–Crippen MR) is 133 cm³/mol. The van der Waals surface area contributed by atoms with E-state index in [0.29, 0.717) is 0 Å². The molecule has 0 spiro atoms. The molecule has 1 aliphatic rings. The van der Waals surface area contributed by atoms with E-state index in [1.165, 1.54) is 6.20 Å². The summed E-state index contributed by atoms with van der Waals surface area (Å²) >= 11 is 9.62. The Morgan fingerprint density at radius 3 is 2.69 bits per heavy atom. The molecule has 1 aromatic carbocycles. The minimum Gasteiger partial charge on any atom is -0.464 e. The second-order valence-corrected chi connectivity index (χ2v) is 12.0. The summed E-state index contributed by atoms with van der Waals surface area (Å²) in [6.45, 7) is 2.71. The van der Waals surface area contributed by atoms with Gasteiger partial charge in [0.1, 0.15) is 24.6 Å². The number of rotatable bonds is 11. The summed E-state index contributed by atoms with van der Waals surface area (Å²) in [4.78, 5) is 37.2. The summed E-state index contributed by atoms with van der Waals surface area (Å²) in [5, 5.41) is 13.5. The molecule has 1 aromatic heterocycles. The zero-order chi connectivity index (χ0) is 26.5. The first-order valence-electron chi connectivity index (χ1n) is 10.9. The lowest BCUT2D eigenvalue weighted by molar-refractivity contribution is -0.143. The zero-order valence-corrected chi connectivity index (χ0v) is 22.6. The van der Waals surface area contributed by atoms with E-state index in [1.807, 2.05) is 0 Å². The number of benzene rings is 1. The number of hydrogen-bond donors (Lipinski definition) is 3. The van der Waals surface area contributed by atoms with Gasteiger partial charge in [0.2, 0.25) is 0 Å². The van der Waals surface area contributed by atoms with Gasteiger partial charge in [0.25, 0.3) is 5.56 Å². The number of aliphatic hydroxyl groups is 1. The van der Waals surface area contributed by atoms with Crippen molar-refractivity contribution in [2.75, 3.05) is 13.2 Å². The van der Waals surface area contributed by atoms with Crippen molar-refractivity contribution in [2.45, 2.75) is 48.5 Å². The molecule has 1 saturated heterocycles. The van der Waals surface area contributed by atoms with E-state index < -0.39 is 59.8 Å². The van der Waals surface area contributed by atoms with Crippen LogP contribution in [0.2, 0.25) is 0 Å². The van der Waals surface area contributed by atoms with Crippen molar-refractivity contribution in [1.82, 2.24) is 14.6 Å². The topological polar surface area (TPSA) is 158 Å². The number of halogens is 2. The molecule has 15 heteroatoms. The smallest absolute Gasteiger partial charge is 0.459 e. The number of carbonyl (C=O) groups excluding carboxylic acids is 1. The average Bonchev–Trinajstić information content (AvgIpc) is 3.05. The van der Waals surface area contributed by atoms with Crippen LogP contribution in [0.5, 0.6) is 5.75 Å². The summed E-state index contributed by atoms with van der Waals surface area (Å²) in [7, 11) is -4.10. The van der Waals surface area contributed by atoms with E-state index in [1.54, 1.807) is 44.2 Å². The third kappa shape index (κ3) is 7.06. The van der Waals surface area contributed by atoms with Crippen LogP contribution in [0.15, 0.2) is 52.2 Å². The minimum absolute atomic E-state index is 0.0931. The molecule has 36 heavy (non-hydrogen) atoms. The van der Waals surface area contributed by atoms with Gasteiger partial charge in [-0.15, -0.1) is 0 Å². The number of aromatic nitrogens is 2. The molecule has 2 heterocycles. The lowest BCUT2D eigenvalue weighted by Crippen LogP contribution is -2.41. The maximum atomic E-state index is 13.6. The Labute approximate surface area is 219 Å². The van der Waals surface area contributed by atoms with Crippen LogP contribution in [0.4, 0.5) is 0 Å². The number of nitrogens with zero attached hydrogens (tertiary/aromatic N) is 1. The number of H-pyrrole nitrogens is 1. The predicted octanol–water partition coefficient (Wildman–Crippen LogP) is 2.26. The average molecular weight is 611 g/mol. The van der Waals surface area contributed by atoms with Crippen LogP contribution in [-0.2, 0) is 23.4 Å². The molecule has 0 saturated carbocycles. The van der Waals surface area contributed by atoms with Gasteiger partial charge in [-0.25, -0.2) is 14.4 Å². The molecule has 6 atom stereocenters. The van der Waals surface area contributed by atoms with Gasteiger partial charge in [-0.2, -0.15) is 0 Å². The number of nitrogens with one attached hydrogen (secondary N) is 2. The highest BCUT2D eigenvalue weighted by molar-refractivity contribution is 9.10. The molecule has 1 aliphatic heterocycles. The Kier molecular flexibility index (Phi) is 9.56. The van der Waals surface area contributed by atoms with E-state index in [-0.39, 0.29) is 18.8 Å². The monoisotopic (exact) mass is 609 g/mol. The third-order valence-electron chi connectivity index (χ3n) is 5.02. The molecule has 1 fully saturated rings. The molecule has 2 unspecified atom stereocenters. The molecule has 0 amide bonds. The van der Waals surface area contributed by atoms with Gasteiger partial charge in [-0.05, 0) is 19.1 Å². The number of esters is 1. The van der Waals surface area contributed by atoms with Crippen molar-refractivity contribution in [1.29, 1.82) is 0 Å². The first-order valence-corrected chi connectivity index (χ1v) is 13.6. The van der Waals surface area contributed by atoms with Crippen LogP contribution < -0.4 is 20.9 Å². The largest absolute Gasteiger partial charge is 0.464 e. The highest BCUT2D eigenvalue weighted by Crippen LogP contribution is 2.50. The molecular formula is C21H26BrClN3O9P. The number of carbonyl (C=O) groups is 1. The highest BCUT2D eigenvalue weighted by Gasteiger charge is 2.55. The first-order chi connectivity index (χ1) is 16.9. The van der Waals surface area contributed by atoms with Crippen molar-refractivity contribution in [2.24, 2.45) is 0 Å². The normalized spacial score (nSPS) is 26.2. The maximum Gasteiger partial charge on any atom is 0.459 e. The quantitative estimate of drug-likeness (QED) is 0.196. The van der Waals surface area contributed by atoms with Gasteiger partial charge in [-0.3, -0.25) is 23.7 Å². The second kappa shape index (κ2) is 12.0. The van der Waals surface area contributed by atoms with E-state index in [0.717, 1.165) is 10.6 Å². The molecule has 198 valence electrons. The summed E-state index contributed by atoms with van der Waals surface area (Å²) in [6.07, 6.45) is -2.49. The zero-order valence-electron chi connectivity index (χ0n) is 19.3. The second-order valence-electron chi connectivity index (χ2n) is 7.93. The SMILES string of the molecule is CCC(=O)OCC(C)NP(=O)(OC[C@H]1O[C@@H](n2ccc(=O)[nH]c2=O)[C@](Cl)(Br)[C@@H]1O)Oc1ccccc1. The number of aromatic amines is 1. The number of hydrogen-bond acceptors (Lipinski definition) is 9. The molecule has 3 rings (SSSR count). The molecular weight excluding hydrogens is 585 g/mol. The first kappa shape index (κ1) is 28.6. The van der Waals surface area contributed by atoms with Crippen LogP contribution in [0.25, 0.3) is 0 Å². The maximum absolute atomic E-state index is 13.6.